The molecule has 0 aromatic heterocycles. The third kappa shape index (κ3) is 1.96. The summed E-state index contributed by atoms with van der Waals surface area (Å²) in [6, 6.07) is 0. The first-order chi connectivity index (χ1) is 6.35. The van der Waals surface area contributed by atoms with E-state index in [1.807, 2.05) is 7.11 Å². The van der Waals surface area contributed by atoms with Gasteiger partial charge in [0.25, 0.3) is 0 Å². The van der Waals surface area contributed by atoms with Crippen LogP contribution in [-0.4, -0.2) is 36.2 Å². The Morgan fingerprint density at radius 1 is 1.29 bits per heavy atom. The molecule has 0 spiro atoms. The van der Waals surface area contributed by atoms with Gasteiger partial charge in [0.05, 0.1) is 6.10 Å². The van der Waals surface area contributed by atoms with E-state index in [-0.39, 0.29) is 5.54 Å². The standard InChI is InChI=1S/C12H25NO/c1-7-12(4)9-10(14-6)8-11(2,3)13(12)5/h10H,7-9H2,1-6H3/t10?,12-/m0/s1. The molecule has 1 saturated heterocycles. The van der Waals surface area contributed by atoms with Gasteiger partial charge in [-0.05, 0) is 47.1 Å². The molecule has 0 bridgehead atoms. The Balaban J connectivity index is 2.87. The second-order valence-corrected chi connectivity index (χ2v) is 5.49. The fourth-order valence-electron chi connectivity index (χ4n) is 2.67. The van der Waals surface area contributed by atoms with Crippen LogP contribution in [0.25, 0.3) is 0 Å². The smallest absolute Gasteiger partial charge is 0.0606 e. The molecule has 14 heavy (non-hydrogen) atoms. The average molecular weight is 199 g/mol. The maximum atomic E-state index is 5.55. The van der Waals surface area contributed by atoms with Gasteiger partial charge in [-0.25, -0.2) is 0 Å². The van der Waals surface area contributed by atoms with Gasteiger partial charge in [0.15, 0.2) is 0 Å². The predicted octanol–water partition coefficient (Wildman–Crippen LogP) is 2.67. The topological polar surface area (TPSA) is 12.5 Å². The lowest BCUT2D eigenvalue weighted by Crippen LogP contribution is -2.61. The quantitative estimate of drug-likeness (QED) is 0.678. The zero-order valence-corrected chi connectivity index (χ0v) is 10.6. The summed E-state index contributed by atoms with van der Waals surface area (Å²) in [6.45, 7) is 9.24. The van der Waals surface area contributed by atoms with Crippen LogP contribution in [0, 0.1) is 0 Å². The summed E-state index contributed by atoms with van der Waals surface area (Å²) in [4.78, 5) is 2.52. The van der Waals surface area contributed by atoms with Crippen molar-refractivity contribution in [3.05, 3.63) is 0 Å². The minimum absolute atomic E-state index is 0.254. The zero-order chi connectivity index (χ0) is 11.0. The fourth-order valence-corrected chi connectivity index (χ4v) is 2.67. The van der Waals surface area contributed by atoms with Gasteiger partial charge in [-0.15, -0.1) is 0 Å². The lowest BCUT2D eigenvalue weighted by atomic mass is 9.76. The van der Waals surface area contributed by atoms with Crippen LogP contribution < -0.4 is 0 Å². The molecule has 0 amide bonds. The van der Waals surface area contributed by atoms with Gasteiger partial charge in [-0.2, -0.15) is 0 Å². The Morgan fingerprint density at radius 3 is 2.29 bits per heavy atom. The highest BCUT2D eigenvalue weighted by molar-refractivity contribution is 5.00. The molecule has 1 rings (SSSR count). The average Bonchev–Trinajstić information content (AvgIpc) is 2.13. The van der Waals surface area contributed by atoms with Gasteiger partial charge in [0, 0.05) is 18.2 Å². The van der Waals surface area contributed by atoms with Crippen LogP contribution in [0.15, 0.2) is 0 Å². The van der Waals surface area contributed by atoms with Crippen molar-refractivity contribution in [2.45, 2.75) is 64.1 Å². The van der Waals surface area contributed by atoms with E-state index in [1.165, 1.54) is 6.42 Å². The molecule has 1 aliphatic heterocycles. The number of methoxy groups -OCH3 is 1. The molecule has 0 aliphatic carbocycles. The predicted molar refractivity (Wildman–Crippen MR) is 60.6 cm³/mol. The number of likely N-dealkylation sites (tertiary alicyclic amines) is 1. The Morgan fingerprint density at radius 2 is 1.86 bits per heavy atom. The van der Waals surface area contributed by atoms with Crippen molar-refractivity contribution in [3.8, 4) is 0 Å². The van der Waals surface area contributed by atoms with Crippen LogP contribution >= 0.6 is 0 Å². The highest BCUT2D eigenvalue weighted by atomic mass is 16.5. The molecule has 0 aromatic rings. The molecule has 0 aromatic carbocycles. The molecule has 2 atom stereocenters. The van der Waals surface area contributed by atoms with E-state index in [4.69, 9.17) is 4.74 Å². The van der Waals surface area contributed by atoms with Gasteiger partial charge < -0.3 is 4.74 Å². The molecule has 1 heterocycles. The van der Waals surface area contributed by atoms with E-state index in [2.05, 4.69) is 39.6 Å². The third-order valence-electron chi connectivity index (χ3n) is 4.21. The first kappa shape index (κ1) is 12.0. The van der Waals surface area contributed by atoms with E-state index < -0.39 is 0 Å². The zero-order valence-electron chi connectivity index (χ0n) is 10.6. The molecule has 2 heteroatoms. The van der Waals surface area contributed by atoms with E-state index in [1.54, 1.807) is 0 Å². The lowest BCUT2D eigenvalue weighted by Gasteiger charge is -2.54. The van der Waals surface area contributed by atoms with E-state index in [0.29, 0.717) is 11.6 Å². The molecular weight excluding hydrogens is 174 g/mol. The number of piperidine rings is 1. The fraction of sp³-hybridized carbons (Fsp3) is 1.00. The van der Waals surface area contributed by atoms with Gasteiger partial charge in [-0.3, -0.25) is 4.90 Å². The first-order valence-electron chi connectivity index (χ1n) is 5.62. The van der Waals surface area contributed by atoms with Gasteiger partial charge >= 0.3 is 0 Å². The van der Waals surface area contributed by atoms with Crippen molar-refractivity contribution in [1.82, 2.24) is 4.90 Å². The number of hydrogen-bond acceptors (Lipinski definition) is 2. The van der Waals surface area contributed by atoms with E-state index in [9.17, 15) is 0 Å². The van der Waals surface area contributed by atoms with Crippen LogP contribution in [0.1, 0.15) is 47.0 Å². The monoisotopic (exact) mass is 199 g/mol. The van der Waals surface area contributed by atoms with Gasteiger partial charge in [0.2, 0.25) is 0 Å². The molecule has 0 saturated carbocycles. The summed E-state index contributed by atoms with van der Waals surface area (Å²) < 4.78 is 5.55. The van der Waals surface area contributed by atoms with Crippen LogP contribution in [0.2, 0.25) is 0 Å². The van der Waals surface area contributed by atoms with Gasteiger partial charge in [0.1, 0.15) is 0 Å². The molecule has 0 N–H and O–H groups in total. The minimum atomic E-state index is 0.254. The van der Waals surface area contributed by atoms with Gasteiger partial charge in [-0.1, -0.05) is 6.92 Å². The van der Waals surface area contributed by atoms with Crippen molar-refractivity contribution >= 4 is 0 Å². The Labute approximate surface area is 88.6 Å². The van der Waals surface area contributed by atoms with Crippen molar-refractivity contribution < 1.29 is 4.74 Å². The van der Waals surface area contributed by atoms with Crippen molar-refractivity contribution in [2.75, 3.05) is 14.2 Å². The van der Waals surface area contributed by atoms with Crippen LogP contribution in [0.5, 0.6) is 0 Å². The van der Waals surface area contributed by atoms with Crippen LogP contribution in [0.3, 0.4) is 0 Å². The molecule has 1 fully saturated rings. The Hall–Kier alpha value is -0.0800. The second-order valence-electron chi connectivity index (χ2n) is 5.49. The number of ether oxygens (including phenoxy) is 1. The SMILES string of the molecule is CC[C@@]1(C)CC(OC)CC(C)(C)N1C. The van der Waals surface area contributed by atoms with E-state index in [0.717, 1.165) is 12.8 Å². The van der Waals surface area contributed by atoms with Crippen molar-refractivity contribution in [1.29, 1.82) is 0 Å². The highest BCUT2D eigenvalue weighted by Crippen LogP contribution is 2.39. The van der Waals surface area contributed by atoms with Crippen LogP contribution in [-0.2, 0) is 4.74 Å². The summed E-state index contributed by atoms with van der Waals surface area (Å²) in [5.41, 5.74) is 0.548. The van der Waals surface area contributed by atoms with Crippen LogP contribution in [0.4, 0.5) is 0 Å². The third-order valence-corrected chi connectivity index (χ3v) is 4.21. The number of nitrogens with zero attached hydrogens (tertiary/aromatic N) is 1. The normalized spacial score (nSPS) is 38.6. The molecule has 1 aliphatic rings. The number of rotatable bonds is 2. The van der Waals surface area contributed by atoms with E-state index >= 15 is 0 Å². The molecule has 1 unspecified atom stereocenters. The van der Waals surface area contributed by atoms with Crippen molar-refractivity contribution in [3.63, 3.8) is 0 Å². The lowest BCUT2D eigenvalue weighted by molar-refractivity contribution is -0.0870. The Kier molecular flexibility index (Phi) is 3.27. The minimum Gasteiger partial charge on any atom is -0.381 e. The maximum Gasteiger partial charge on any atom is 0.0606 e. The number of hydrogen-bond donors (Lipinski definition) is 0. The summed E-state index contributed by atoms with van der Waals surface area (Å²) in [7, 11) is 4.08. The largest absolute Gasteiger partial charge is 0.381 e. The molecule has 2 nitrogen and oxygen atoms in total. The summed E-state index contributed by atoms with van der Waals surface area (Å²) in [6.07, 6.45) is 3.90. The molecule has 84 valence electrons. The summed E-state index contributed by atoms with van der Waals surface area (Å²) in [5.74, 6) is 0. The maximum absolute atomic E-state index is 5.55. The molecular formula is C12H25NO. The highest BCUT2D eigenvalue weighted by Gasteiger charge is 2.44. The van der Waals surface area contributed by atoms with Crippen molar-refractivity contribution in [2.24, 2.45) is 0 Å². The summed E-state index contributed by atoms with van der Waals surface area (Å²) in [5, 5.41) is 0. The first-order valence-corrected chi connectivity index (χ1v) is 5.62. The summed E-state index contributed by atoms with van der Waals surface area (Å²) >= 11 is 0. The Bertz CT molecular complexity index is 202. The second kappa shape index (κ2) is 3.82. The molecule has 0 radical (unpaired) electrons.